The first-order chi connectivity index (χ1) is 6.81. The number of aromatic nitrogens is 1. The summed E-state index contributed by atoms with van der Waals surface area (Å²) >= 11 is 0. The predicted octanol–water partition coefficient (Wildman–Crippen LogP) is 0.844. The molecule has 0 aromatic carbocycles. The highest BCUT2D eigenvalue weighted by molar-refractivity contribution is 4.95. The molecule has 1 aliphatic carbocycles. The van der Waals surface area contributed by atoms with E-state index < -0.39 is 0 Å². The lowest BCUT2D eigenvalue weighted by Crippen LogP contribution is -2.39. The quantitative estimate of drug-likeness (QED) is 0.756. The number of likely N-dealkylation sites (N-methyl/N-ethyl adjacent to an activating group) is 1. The average Bonchev–Trinajstić information content (AvgIpc) is 2.86. The fourth-order valence-corrected chi connectivity index (χ4v) is 1.90. The molecule has 0 spiro atoms. The minimum Gasteiger partial charge on any atom is -0.360 e. The molecule has 0 aliphatic heterocycles. The molecule has 4 heteroatoms. The lowest BCUT2D eigenvalue weighted by Gasteiger charge is -2.25. The van der Waals surface area contributed by atoms with Crippen LogP contribution in [-0.2, 0) is 6.54 Å². The number of nitrogens with zero attached hydrogens (tertiary/aromatic N) is 2. The smallest absolute Gasteiger partial charge is 0.150 e. The summed E-state index contributed by atoms with van der Waals surface area (Å²) in [7, 11) is 2.10. The Morgan fingerprint density at radius 1 is 1.71 bits per heavy atom. The first-order valence-corrected chi connectivity index (χ1v) is 5.11. The molecule has 1 atom stereocenters. The lowest BCUT2D eigenvalue weighted by molar-refractivity contribution is 0.192. The normalized spacial score (nSPS) is 18.8. The summed E-state index contributed by atoms with van der Waals surface area (Å²) < 4.78 is 5.07. The van der Waals surface area contributed by atoms with Gasteiger partial charge in [0.05, 0.1) is 12.7 Å². The lowest BCUT2D eigenvalue weighted by atomic mass is 10.1. The van der Waals surface area contributed by atoms with Gasteiger partial charge in [-0.3, -0.25) is 4.90 Å². The van der Waals surface area contributed by atoms with Gasteiger partial charge < -0.3 is 10.3 Å². The minimum absolute atomic E-state index is 0.500. The zero-order chi connectivity index (χ0) is 9.97. The highest BCUT2D eigenvalue weighted by Crippen LogP contribution is 2.34. The van der Waals surface area contributed by atoms with Gasteiger partial charge in [0.1, 0.15) is 0 Å². The van der Waals surface area contributed by atoms with Crippen molar-refractivity contribution in [3.05, 3.63) is 18.0 Å². The zero-order valence-electron chi connectivity index (χ0n) is 8.52. The topological polar surface area (TPSA) is 55.3 Å². The third-order valence-electron chi connectivity index (χ3n) is 2.87. The first-order valence-electron chi connectivity index (χ1n) is 5.11. The molecule has 0 amide bonds. The van der Waals surface area contributed by atoms with Gasteiger partial charge in [0.15, 0.2) is 5.76 Å². The van der Waals surface area contributed by atoms with Gasteiger partial charge in [-0.2, -0.15) is 0 Å². The number of rotatable bonds is 5. The Morgan fingerprint density at radius 2 is 2.50 bits per heavy atom. The van der Waals surface area contributed by atoms with E-state index in [1.807, 2.05) is 6.07 Å². The molecule has 1 unspecified atom stereocenters. The summed E-state index contributed by atoms with van der Waals surface area (Å²) in [6.45, 7) is 1.54. The molecule has 78 valence electrons. The molecule has 0 radical (unpaired) electrons. The van der Waals surface area contributed by atoms with Gasteiger partial charge in [-0.05, 0) is 25.8 Å². The van der Waals surface area contributed by atoms with Crippen LogP contribution in [0, 0.1) is 5.92 Å². The summed E-state index contributed by atoms with van der Waals surface area (Å²) in [6, 6.07) is 2.40. The maximum Gasteiger partial charge on any atom is 0.150 e. The molecular weight excluding hydrogens is 178 g/mol. The Labute approximate surface area is 84.0 Å². The third-order valence-corrected chi connectivity index (χ3v) is 2.87. The van der Waals surface area contributed by atoms with Crippen LogP contribution in [0.3, 0.4) is 0 Å². The van der Waals surface area contributed by atoms with Crippen LogP contribution in [0.5, 0.6) is 0 Å². The molecular formula is C10H17N3O. The molecule has 1 aliphatic rings. The summed E-state index contributed by atoms with van der Waals surface area (Å²) in [5.74, 6) is 1.71. The van der Waals surface area contributed by atoms with Crippen LogP contribution >= 0.6 is 0 Å². The van der Waals surface area contributed by atoms with Crippen molar-refractivity contribution in [1.82, 2.24) is 10.1 Å². The second-order valence-electron chi connectivity index (χ2n) is 4.03. The van der Waals surface area contributed by atoms with Crippen LogP contribution in [0.1, 0.15) is 18.6 Å². The van der Waals surface area contributed by atoms with Crippen molar-refractivity contribution in [1.29, 1.82) is 0 Å². The predicted molar refractivity (Wildman–Crippen MR) is 53.5 cm³/mol. The van der Waals surface area contributed by atoms with Gasteiger partial charge in [-0.15, -0.1) is 0 Å². The summed E-state index contributed by atoms with van der Waals surface area (Å²) in [5, 5.41) is 3.69. The molecule has 1 aromatic heterocycles. The molecule has 14 heavy (non-hydrogen) atoms. The Balaban J connectivity index is 1.90. The Bertz CT molecular complexity index is 269. The summed E-state index contributed by atoms with van der Waals surface area (Å²) in [5.41, 5.74) is 5.76. The average molecular weight is 195 g/mol. The Morgan fingerprint density at radius 3 is 3.00 bits per heavy atom. The maximum absolute atomic E-state index is 5.76. The second-order valence-corrected chi connectivity index (χ2v) is 4.03. The summed E-state index contributed by atoms with van der Waals surface area (Å²) in [4.78, 5) is 2.26. The van der Waals surface area contributed by atoms with Crippen molar-refractivity contribution < 1.29 is 4.52 Å². The van der Waals surface area contributed by atoms with E-state index in [-0.39, 0.29) is 0 Å². The van der Waals surface area contributed by atoms with Gasteiger partial charge in [-0.1, -0.05) is 5.16 Å². The molecule has 1 fully saturated rings. The van der Waals surface area contributed by atoms with Gasteiger partial charge in [0.25, 0.3) is 0 Å². The van der Waals surface area contributed by atoms with E-state index in [9.17, 15) is 0 Å². The van der Waals surface area contributed by atoms with Crippen molar-refractivity contribution in [2.45, 2.75) is 25.4 Å². The molecule has 1 heterocycles. The Kier molecular flexibility index (Phi) is 2.84. The van der Waals surface area contributed by atoms with Gasteiger partial charge in [0, 0.05) is 18.7 Å². The van der Waals surface area contributed by atoms with Crippen molar-refractivity contribution in [2.24, 2.45) is 11.7 Å². The van der Waals surface area contributed by atoms with Crippen LogP contribution in [-0.4, -0.2) is 29.7 Å². The largest absolute Gasteiger partial charge is 0.360 e. The fraction of sp³-hybridized carbons (Fsp3) is 0.700. The first kappa shape index (κ1) is 9.68. The maximum atomic E-state index is 5.76. The van der Waals surface area contributed by atoms with E-state index in [0.717, 1.165) is 24.8 Å². The van der Waals surface area contributed by atoms with Crippen molar-refractivity contribution >= 4 is 0 Å². The molecule has 4 nitrogen and oxygen atoms in total. The standard InChI is InChI=1S/C10H17N3O/c1-13(7-9-4-5-12-14-9)10(6-11)8-2-3-8/h4-5,8,10H,2-3,6-7,11H2,1H3. The highest BCUT2D eigenvalue weighted by atomic mass is 16.5. The molecule has 0 saturated heterocycles. The van der Waals surface area contributed by atoms with Gasteiger partial charge in [0.2, 0.25) is 0 Å². The van der Waals surface area contributed by atoms with Gasteiger partial charge >= 0.3 is 0 Å². The zero-order valence-corrected chi connectivity index (χ0v) is 8.52. The van der Waals surface area contributed by atoms with E-state index in [0.29, 0.717) is 6.04 Å². The molecule has 1 aromatic rings. The van der Waals surface area contributed by atoms with E-state index >= 15 is 0 Å². The second kappa shape index (κ2) is 4.11. The van der Waals surface area contributed by atoms with E-state index in [2.05, 4.69) is 17.1 Å². The van der Waals surface area contributed by atoms with Crippen molar-refractivity contribution in [3.63, 3.8) is 0 Å². The SMILES string of the molecule is CN(Cc1ccno1)C(CN)C1CC1. The van der Waals surface area contributed by atoms with E-state index in [4.69, 9.17) is 10.3 Å². The van der Waals surface area contributed by atoms with Gasteiger partial charge in [-0.25, -0.2) is 0 Å². The van der Waals surface area contributed by atoms with Crippen molar-refractivity contribution in [2.75, 3.05) is 13.6 Å². The van der Waals surface area contributed by atoms with E-state index in [1.54, 1.807) is 6.20 Å². The number of nitrogens with two attached hydrogens (primary N) is 1. The minimum atomic E-state index is 0.500. The molecule has 1 saturated carbocycles. The third kappa shape index (κ3) is 2.13. The van der Waals surface area contributed by atoms with Crippen molar-refractivity contribution in [3.8, 4) is 0 Å². The number of hydrogen-bond donors (Lipinski definition) is 1. The van der Waals surface area contributed by atoms with Crippen LogP contribution < -0.4 is 5.73 Å². The molecule has 2 N–H and O–H groups in total. The van der Waals surface area contributed by atoms with Crippen LogP contribution in [0.15, 0.2) is 16.8 Å². The highest BCUT2D eigenvalue weighted by Gasteiger charge is 2.32. The fourth-order valence-electron chi connectivity index (χ4n) is 1.90. The number of hydrogen-bond acceptors (Lipinski definition) is 4. The molecule has 0 bridgehead atoms. The van der Waals surface area contributed by atoms with Crippen LogP contribution in [0.2, 0.25) is 0 Å². The van der Waals surface area contributed by atoms with Crippen LogP contribution in [0.4, 0.5) is 0 Å². The van der Waals surface area contributed by atoms with Crippen LogP contribution in [0.25, 0.3) is 0 Å². The summed E-state index contributed by atoms with van der Waals surface area (Å²) in [6.07, 6.45) is 4.32. The van der Waals surface area contributed by atoms with E-state index in [1.165, 1.54) is 12.8 Å². The monoisotopic (exact) mass is 195 g/mol. The molecule has 2 rings (SSSR count). The Hall–Kier alpha value is -0.870.